The summed E-state index contributed by atoms with van der Waals surface area (Å²) in [4.78, 5) is 10.3. The molecule has 0 radical (unpaired) electrons. The van der Waals surface area contributed by atoms with Crippen LogP contribution in [-0.4, -0.2) is 12.1 Å². The number of hydrogen-bond acceptors (Lipinski definition) is 2. The van der Waals surface area contributed by atoms with Crippen LogP contribution >= 0.6 is 34.8 Å². The fraction of sp³-hybridized carbons (Fsp3) is 0.364. The Morgan fingerprint density at radius 3 is 2.31 bits per heavy atom. The van der Waals surface area contributed by atoms with Gasteiger partial charge in [0.15, 0.2) is 0 Å². The highest BCUT2D eigenvalue weighted by molar-refractivity contribution is 6.43. The lowest BCUT2D eigenvalue weighted by Crippen LogP contribution is -2.26. The second-order valence-electron chi connectivity index (χ2n) is 4.01. The van der Waals surface area contributed by atoms with Crippen molar-refractivity contribution in [3.05, 3.63) is 32.8 Å². The van der Waals surface area contributed by atoms with Gasteiger partial charge in [0.2, 0.25) is 0 Å². The van der Waals surface area contributed by atoms with E-state index in [9.17, 15) is 4.79 Å². The van der Waals surface area contributed by atoms with Gasteiger partial charge in [0.25, 0.3) is 6.47 Å². The van der Waals surface area contributed by atoms with E-state index in [2.05, 4.69) is 0 Å². The van der Waals surface area contributed by atoms with Crippen LogP contribution in [0.2, 0.25) is 15.1 Å². The molecule has 0 spiro atoms. The molecular weight excluding hydrogens is 270 g/mol. The number of rotatable bonds is 4. The van der Waals surface area contributed by atoms with Crippen LogP contribution in [0.15, 0.2) is 12.1 Å². The van der Waals surface area contributed by atoms with Crippen molar-refractivity contribution < 1.29 is 9.53 Å². The van der Waals surface area contributed by atoms with Gasteiger partial charge in [-0.2, -0.15) is 0 Å². The molecule has 0 fully saturated rings. The van der Waals surface area contributed by atoms with E-state index in [-0.39, 0.29) is 0 Å². The SMILES string of the molecule is CC(C)(Cc1cc(Cl)c(Cl)cc1Cl)OC=O. The summed E-state index contributed by atoms with van der Waals surface area (Å²) in [5, 5.41) is 1.35. The molecule has 0 saturated heterocycles. The van der Waals surface area contributed by atoms with Gasteiger partial charge in [-0.1, -0.05) is 34.8 Å². The van der Waals surface area contributed by atoms with Gasteiger partial charge in [-0.05, 0) is 31.5 Å². The number of ether oxygens (including phenoxy) is 1. The minimum Gasteiger partial charge on any atom is -0.462 e. The molecule has 16 heavy (non-hydrogen) atoms. The monoisotopic (exact) mass is 280 g/mol. The van der Waals surface area contributed by atoms with Crippen molar-refractivity contribution in [2.24, 2.45) is 0 Å². The first-order valence-corrected chi connectivity index (χ1v) is 5.74. The van der Waals surface area contributed by atoms with Gasteiger partial charge in [0.1, 0.15) is 5.60 Å². The van der Waals surface area contributed by atoms with Gasteiger partial charge in [0.05, 0.1) is 10.0 Å². The number of benzene rings is 1. The molecule has 2 nitrogen and oxygen atoms in total. The van der Waals surface area contributed by atoms with Crippen LogP contribution in [0.5, 0.6) is 0 Å². The molecule has 0 aliphatic heterocycles. The summed E-state index contributed by atoms with van der Waals surface area (Å²) < 4.78 is 4.94. The molecule has 0 saturated carbocycles. The largest absolute Gasteiger partial charge is 0.462 e. The summed E-state index contributed by atoms with van der Waals surface area (Å²) >= 11 is 17.7. The molecule has 0 atom stereocenters. The summed E-state index contributed by atoms with van der Waals surface area (Å²) in [6, 6.07) is 3.26. The number of hydrogen-bond donors (Lipinski definition) is 0. The van der Waals surface area contributed by atoms with Crippen LogP contribution in [0.4, 0.5) is 0 Å². The minimum absolute atomic E-state index is 0.407. The summed E-state index contributed by atoms with van der Waals surface area (Å²) in [5.41, 5.74) is 0.172. The van der Waals surface area contributed by atoms with Crippen LogP contribution in [-0.2, 0) is 16.0 Å². The lowest BCUT2D eigenvalue weighted by Gasteiger charge is -2.23. The molecule has 0 aromatic heterocycles. The maximum atomic E-state index is 10.3. The van der Waals surface area contributed by atoms with Crippen molar-refractivity contribution in [2.45, 2.75) is 25.9 Å². The quantitative estimate of drug-likeness (QED) is 0.612. The third-order valence-corrected chi connectivity index (χ3v) is 3.15. The predicted octanol–water partition coefficient (Wildman–Crippen LogP) is 4.14. The number of carbonyl (C=O) groups is 1. The highest BCUT2D eigenvalue weighted by atomic mass is 35.5. The van der Waals surface area contributed by atoms with E-state index >= 15 is 0 Å². The Morgan fingerprint density at radius 1 is 1.19 bits per heavy atom. The van der Waals surface area contributed by atoms with E-state index in [1.165, 1.54) is 0 Å². The summed E-state index contributed by atoms with van der Waals surface area (Å²) in [7, 11) is 0. The second kappa shape index (κ2) is 5.26. The number of halogens is 3. The Kier molecular flexibility index (Phi) is 4.48. The topological polar surface area (TPSA) is 26.3 Å². The van der Waals surface area contributed by atoms with E-state index < -0.39 is 5.60 Å². The molecule has 88 valence electrons. The average Bonchev–Trinajstić information content (AvgIpc) is 2.13. The second-order valence-corrected chi connectivity index (χ2v) is 5.23. The summed E-state index contributed by atoms with van der Waals surface area (Å²) in [6.07, 6.45) is 0.474. The van der Waals surface area contributed by atoms with E-state index in [1.54, 1.807) is 26.0 Å². The van der Waals surface area contributed by atoms with Crippen LogP contribution < -0.4 is 0 Å². The molecule has 0 aliphatic rings. The molecule has 0 unspecified atom stereocenters. The van der Waals surface area contributed by atoms with Crippen LogP contribution in [0, 0.1) is 0 Å². The fourth-order valence-corrected chi connectivity index (χ4v) is 1.97. The van der Waals surface area contributed by atoms with Crippen molar-refractivity contribution >= 4 is 41.3 Å². The van der Waals surface area contributed by atoms with Crippen molar-refractivity contribution in [3.8, 4) is 0 Å². The maximum absolute atomic E-state index is 10.3. The highest BCUT2D eigenvalue weighted by Crippen LogP contribution is 2.31. The molecule has 1 aromatic rings. The third kappa shape index (κ3) is 3.55. The molecule has 5 heteroatoms. The first-order valence-electron chi connectivity index (χ1n) is 4.60. The summed E-state index contributed by atoms with van der Waals surface area (Å²) in [6.45, 7) is 4.01. The van der Waals surface area contributed by atoms with Crippen LogP contribution in [0.1, 0.15) is 19.4 Å². The van der Waals surface area contributed by atoms with E-state index in [4.69, 9.17) is 39.5 Å². The highest BCUT2D eigenvalue weighted by Gasteiger charge is 2.21. The van der Waals surface area contributed by atoms with Gasteiger partial charge in [-0.15, -0.1) is 0 Å². The molecule has 0 amide bonds. The Balaban J connectivity index is 2.97. The first kappa shape index (κ1) is 13.6. The smallest absolute Gasteiger partial charge is 0.293 e. The molecule has 1 rings (SSSR count). The minimum atomic E-state index is -0.622. The predicted molar refractivity (Wildman–Crippen MR) is 66.4 cm³/mol. The zero-order chi connectivity index (χ0) is 12.3. The third-order valence-electron chi connectivity index (χ3n) is 2.07. The Bertz CT molecular complexity index is 402. The van der Waals surface area contributed by atoms with Gasteiger partial charge < -0.3 is 4.74 Å². The molecular formula is C11H11Cl3O2. The molecule has 1 aromatic carbocycles. The number of carbonyl (C=O) groups excluding carboxylic acids is 1. The van der Waals surface area contributed by atoms with E-state index in [0.29, 0.717) is 28.0 Å². The molecule has 0 bridgehead atoms. The fourth-order valence-electron chi connectivity index (χ4n) is 1.33. The maximum Gasteiger partial charge on any atom is 0.293 e. The van der Waals surface area contributed by atoms with Crippen molar-refractivity contribution in [2.75, 3.05) is 0 Å². The standard InChI is InChI=1S/C11H11Cl3O2/c1-11(2,16-6-15)5-7-3-9(13)10(14)4-8(7)12/h3-4,6H,5H2,1-2H3. The van der Waals surface area contributed by atoms with Crippen LogP contribution in [0.25, 0.3) is 0 Å². The van der Waals surface area contributed by atoms with E-state index in [0.717, 1.165) is 5.56 Å². The van der Waals surface area contributed by atoms with Crippen molar-refractivity contribution in [1.29, 1.82) is 0 Å². The van der Waals surface area contributed by atoms with E-state index in [1.807, 2.05) is 0 Å². The van der Waals surface area contributed by atoms with Crippen molar-refractivity contribution in [3.63, 3.8) is 0 Å². The zero-order valence-electron chi connectivity index (χ0n) is 8.89. The van der Waals surface area contributed by atoms with Gasteiger partial charge in [-0.3, -0.25) is 4.79 Å². The Hall–Kier alpha value is -0.440. The Labute approximate surface area is 109 Å². The summed E-state index contributed by atoms with van der Waals surface area (Å²) in [5.74, 6) is 0. The average molecular weight is 282 g/mol. The first-order chi connectivity index (χ1) is 7.35. The molecule has 0 N–H and O–H groups in total. The lowest BCUT2D eigenvalue weighted by atomic mass is 9.98. The van der Waals surface area contributed by atoms with Gasteiger partial charge >= 0.3 is 0 Å². The zero-order valence-corrected chi connectivity index (χ0v) is 11.2. The van der Waals surface area contributed by atoms with Gasteiger partial charge in [-0.25, -0.2) is 0 Å². The van der Waals surface area contributed by atoms with Crippen molar-refractivity contribution in [1.82, 2.24) is 0 Å². The lowest BCUT2D eigenvalue weighted by molar-refractivity contribution is -0.140. The molecule has 0 heterocycles. The van der Waals surface area contributed by atoms with Crippen LogP contribution in [0.3, 0.4) is 0 Å². The Morgan fingerprint density at radius 2 is 1.75 bits per heavy atom. The normalized spacial score (nSPS) is 11.3. The van der Waals surface area contributed by atoms with Gasteiger partial charge in [0, 0.05) is 11.4 Å². The molecule has 0 aliphatic carbocycles.